The fourth-order valence-electron chi connectivity index (χ4n) is 4.63. The van der Waals surface area contributed by atoms with Crippen LogP contribution in [0.1, 0.15) is 0 Å². The Labute approximate surface area is 235 Å². The zero-order valence-corrected chi connectivity index (χ0v) is 21.1. The Morgan fingerprint density at radius 3 is 0.860 bits per heavy atom. The first kappa shape index (κ1) is 28.1. The van der Waals surface area contributed by atoms with E-state index in [9.17, 15) is 39.5 Å². The van der Waals surface area contributed by atoms with Crippen LogP contribution in [-0.2, 0) is 0 Å². The fraction of sp³-hybridized carbons (Fsp3) is 0. The van der Waals surface area contributed by atoms with E-state index in [2.05, 4.69) is 0 Å². The van der Waals surface area contributed by atoms with E-state index in [0.717, 1.165) is 54.6 Å². The van der Waals surface area contributed by atoms with E-state index in [0.29, 0.717) is 18.2 Å². The molecule has 0 aliphatic rings. The van der Waals surface area contributed by atoms with Gasteiger partial charge < -0.3 is 14.0 Å². The van der Waals surface area contributed by atoms with E-state index < -0.39 is 75.8 Å². The minimum absolute atomic E-state index is 0.287. The molecule has 13 heteroatoms. The molecule has 0 aliphatic heterocycles. The molecule has 0 saturated carbocycles. The van der Waals surface area contributed by atoms with E-state index in [1.165, 1.54) is 0 Å². The highest BCUT2D eigenvalue weighted by Crippen LogP contribution is 2.36. The second-order valence-corrected chi connectivity index (χ2v) is 9.13. The number of benzene rings is 6. The molecule has 3 nitrogen and oxygen atoms in total. The fourth-order valence-corrected chi connectivity index (χ4v) is 4.63. The van der Waals surface area contributed by atoms with Crippen molar-refractivity contribution >= 4 is 39.6 Å². The molecule has 0 aromatic heterocycles. The Bertz CT molecular complexity index is 1850. The molecule has 6 aromatic rings. The Balaban J connectivity index is 1.50. The summed E-state index contributed by atoms with van der Waals surface area (Å²) in [6.45, 7) is 0. The minimum Gasteiger partial charge on any atom is -0.489 e. The van der Waals surface area contributed by atoms with Crippen LogP contribution >= 0.6 is 0 Å². The average molecular weight is 602 g/mol. The van der Waals surface area contributed by atoms with Crippen LogP contribution in [0.4, 0.5) is 39.5 Å². The highest BCUT2D eigenvalue weighted by atomic mass is 19.2. The highest BCUT2D eigenvalue weighted by molar-refractivity contribution is 6.40. The van der Waals surface area contributed by atoms with Gasteiger partial charge in [0.25, 0.3) is 0 Å². The van der Waals surface area contributed by atoms with Crippen molar-refractivity contribution in [1.82, 2.24) is 0 Å². The lowest BCUT2D eigenvalue weighted by Gasteiger charge is -2.20. The molecule has 0 radical (unpaired) electrons. The van der Waals surface area contributed by atoms with Gasteiger partial charge in [0.2, 0.25) is 0 Å². The molecule has 216 valence electrons. The predicted molar refractivity (Wildman–Crippen MR) is 139 cm³/mol. The standard InChI is InChI=1S/C30H12BF9O3/c32-16-7-10-22(13-1-4-19(35)28(38)25(13)16)41-31(42-23-11-8-17(33)26-14(23)2-5-20(36)29(26)39)43-24-12-9-18(34)27-15(24)3-6-21(37)30(27)40/h1-12H. The van der Waals surface area contributed by atoms with Crippen molar-refractivity contribution in [2.75, 3.05) is 0 Å². The zero-order valence-electron chi connectivity index (χ0n) is 21.1. The number of hydrogen-bond donors (Lipinski definition) is 0. The highest BCUT2D eigenvalue weighted by Gasteiger charge is 2.34. The second kappa shape index (κ2) is 10.6. The van der Waals surface area contributed by atoms with Gasteiger partial charge in [-0.1, -0.05) is 0 Å². The van der Waals surface area contributed by atoms with Crippen molar-refractivity contribution in [2.45, 2.75) is 0 Å². The monoisotopic (exact) mass is 602 g/mol. The Hall–Kier alpha value is -5.07. The molecule has 0 bridgehead atoms. The quantitative estimate of drug-likeness (QED) is 0.141. The van der Waals surface area contributed by atoms with Gasteiger partial charge in [0, 0.05) is 16.2 Å². The third-order valence-corrected chi connectivity index (χ3v) is 6.61. The third-order valence-electron chi connectivity index (χ3n) is 6.61. The van der Waals surface area contributed by atoms with Gasteiger partial charge in [-0.05, 0) is 72.8 Å². The molecule has 0 N–H and O–H groups in total. The van der Waals surface area contributed by atoms with Gasteiger partial charge in [-0.3, -0.25) is 0 Å². The number of hydrogen-bond acceptors (Lipinski definition) is 3. The first-order valence-electron chi connectivity index (χ1n) is 12.2. The van der Waals surface area contributed by atoms with Crippen LogP contribution in [0.25, 0.3) is 32.3 Å². The Morgan fingerprint density at radius 2 is 0.581 bits per heavy atom. The van der Waals surface area contributed by atoms with Crippen molar-refractivity contribution in [3.8, 4) is 17.2 Å². The van der Waals surface area contributed by atoms with E-state index in [4.69, 9.17) is 14.0 Å². The molecule has 6 rings (SSSR count). The smallest absolute Gasteiger partial charge is 0.489 e. The van der Waals surface area contributed by atoms with Crippen molar-refractivity contribution < 1.29 is 53.5 Å². The van der Waals surface area contributed by atoms with Crippen LogP contribution in [0.5, 0.6) is 17.2 Å². The van der Waals surface area contributed by atoms with E-state index >= 15 is 0 Å². The summed E-state index contributed by atoms with van der Waals surface area (Å²) < 4.78 is 146. The van der Waals surface area contributed by atoms with E-state index in [1.54, 1.807) is 0 Å². The summed E-state index contributed by atoms with van der Waals surface area (Å²) in [7, 11) is -2.05. The SMILES string of the molecule is Fc1ccc2c(OB(Oc3ccc(F)c4c(F)c(F)ccc34)Oc3ccc(F)c4c(F)c(F)ccc34)ccc(F)c2c1F. The molecule has 6 aromatic carbocycles. The molecule has 0 amide bonds. The molecule has 0 unspecified atom stereocenters. The summed E-state index contributed by atoms with van der Waals surface area (Å²) in [5.41, 5.74) is 0. The molecular weight excluding hydrogens is 590 g/mol. The lowest BCUT2D eigenvalue weighted by Crippen LogP contribution is -2.37. The average Bonchev–Trinajstić information content (AvgIpc) is 2.98. The predicted octanol–water partition coefficient (Wildman–Crippen LogP) is 8.92. The first-order chi connectivity index (χ1) is 20.5. The topological polar surface area (TPSA) is 27.7 Å². The minimum atomic E-state index is -2.05. The van der Waals surface area contributed by atoms with Gasteiger partial charge in [0.15, 0.2) is 34.9 Å². The second-order valence-electron chi connectivity index (χ2n) is 9.13. The maximum Gasteiger partial charge on any atom is 0.864 e. The van der Waals surface area contributed by atoms with Gasteiger partial charge in [-0.2, -0.15) is 0 Å². The van der Waals surface area contributed by atoms with Gasteiger partial charge >= 0.3 is 7.32 Å². The van der Waals surface area contributed by atoms with Gasteiger partial charge in [0.1, 0.15) is 34.7 Å². The molecule has 0 atom stereocenters. The van der Waals surface area contributed by atoms with Gasteiger partial charge in [-0.25, -0.2) is 39.5 Å². The summed E-state index contributed by atoms with van der Waals surface area (Å²) in [4.78, 5) is 0. The summed E-state index contributed by atoms with van der Waals surface area (Å²) in [5.74, 6) is -13.1. The molecular formula is C30H12BF9O3. The third kappa shape index (κ3) is 4.80. The van der Waals surface area contributed by atoms with Gasteiger partial charge in [0.05, 0.1) is 16.2 Å². The summed E-state index contributed by atoms with van der Waals surface area (Å²) in [5, 5.41) is -3.22. The van der Waals surface area contributed by atoms with Crippen molar-refractivity contribution in [1.29, 1.82) is 0 Å². The van der Waals surface area contributed by atoms with Crippen LogP contribution in [-0.4, -0.2) is 7.32 Å². The molecule has 0 fully saturated rings. The normalized spacial score (nSPS) is 11.4. The summed E-state index contributed by atoms with van der Waals surface area (Å²) in [6, 6.07) is 10.4. The van der Waals surface area contributed by atoms with Crippen LogP contribution in [0.2, 0.25) is 0 Å². The lowest BCUT2D eigenvalue weighted by molar-refractivity contribution is 0.311. The molecule has 0 aliphatic carbocycles. The maximum absolute atomic E-state index is 14.5. The van der Waals surface area contributed by atoms with Crippen LogP contribution in [0.3, 0.4) is 0 Å². The molecule has 0 saturated heterocycles. The number of fused-ring (bicyclic) bond motifs is 3. The van der Waals surface area contributed by atoms with Crippen molar-refractivity contribution in [3.05, 3.63) is 125 Å². The Morgan fingerprint density at radius 1 is 0.326 bits per heavy atom. The molecule has 0 spiro atoms. The van der Waals surface area contributed by atoms with Gasteiger partial charge in [-0.15, -0.1) is 0 Å². The number of rotatable bonds is 6. The van der Waals surface area contributed by atoms with Crippen LogP contribution < -0.4 is 14.0 Å². The first-order valence-corrected chi connectivity index (χ1v) is 12.2. The largest absolute Gasteiger partial charge is 0.864 e. The summed E-state index contributed by atoms with van der Waals surface area (Å²) in [6.07, 6.45) is 0. The summed E-state index contributed by atoms with van der Waals surface area (Å²) >= 11 is 0. The number of halogens is 9. The Kier molecular flexibility index (Phi) is 6.95. The molecule has 0 heterocycles. The van der Waals surface area contributed by atoms with Crippen molar-refractivity contribution in [3.63, 3.8) is 0 Å². The lowest BCUT2D eigenvalue weighted by atomic mass is 10.0. The van der Waals surface area contributed by atoms with Crippen LogP contribution in [0, 0.1) is 52.4 Å². The van der Waals surface area contributed by atoms with E-state index in [-0.39, 0.29) is 33.4 Å². The van der Waals surface area contributed by atoms with Crippen LogP contribution in [0.15, 0.2) is 72.8 Å². The molecule has 43 heavy (non-hydrogen) atoms. The van der Waals surface area contributed by atoms with Crippen molar-refractivity contribution in [2.24, 2.45) is 0 Å². The maximum atomic E-state index is 14.5. The zero-order chi connectivity index (χ0) is 30.6. The van der Waals surface area contributed by atoms with E-state index in [1.807, 2.05) is 0 Å².